The number of rotatable bonds is 13. The van der Waals surface area contributed by atoms with Crippen LogP contribution in [0.5, 0.6) is 5.75 Å². The predicted octanol–water partition coefficient (Wildman–Crippen LogP) is 1.66. The van der Waals surface area contributed by atoms with Crippen molar-refractivity contribution in [2.45, 2.75) is 32.7 Å². The fraction of sp³-hybridized carbons (Fsp3) is 0.333. The summed E-state index contributed by atoms with van der Waals surface area (Å²) in [6.45, 7) is 3.56. The summed E-state index contributed by atoms with van der Waals surface area (Å²) >= 11 is -2.06. The number of ether oxygens (including phenoxy) is 1. The molecule has 0 aliphatic carbocycles. The van der Waals surface area contributed by atoms with Crippen molar-refractivity contribution in [3.63, 3.8) is 0 Å². The monoisotopic (exact) mass is 502 g/mol. The second-order valence-electron chi connectivity index (χ2n) is 7.52. The van der Waals surface area contributed by atoms with E-state index >= 15 is 0 Å². The maximum atomic E-state index is 12.3. The van der Waals surface area contributed by atoms with Gasteiger partial charge in [0.2, 0.25) is 5.91 Å². The van der Waals surface area contributed by atoms with Gasteiger partial charge in [-0.25, -0.2) is 0 Å². The van der Waals surface area contributed by atoms with Crippen molar-refractivity contribution in [3.05, 3.63) is 65.2 Å². The highest BCUT2D eigenvalue weighted by Crippen LogP contribution is 2.13. The van der Waals surface area contributed by atoms with Crippen LogP contribution in [0.2, 0.25) is 0 Å². The Morgan fingerprint density at radius 3 is 2.20 bits per heavy atom. The number of carbonyl (C=O) groups is 3. The number of amides is 2. The molecule has 0 aromatic heterocycles. The van der Waals surface area contributed by atoms with Gasteiger partial charge in [0.1, 0.15) is 11.8 Å². The summed E-state index contributed by atoms with van der Waals surface area (Å²) in [5, 5.41) is 12.8. The normalized spacial score (nSPS) is 12.2. The first-order chi connectivity index (χ1) is 16.7. The third-order valence-electron chi connectivity index (χ3n) is 4.95. The zero-order valence-corrected chi connectivity index (χ0v) is 20.7. The molecule has 2 aromatic rings. The van der Waals surface area contributed by atoms with E-state index in [1.165, 1.54) is 7.11 Å². The minimum absolute atomic E-state index is 0.0271. The number of nitrogens with one attached hydrogen (secondary N) is 4. The molecule has 0 saturated heterocycles. The Bertz CT molecular complexity index is 1060. The lowest BCUT2D eigenvalue weighted by molar-refractivity contribution is -0.142. The minimum Gasteiger partial charge on any atom is -0.468 e. The Morgan fingerprint density at radius 2 is 1.63 bits per heavy atom. The van der Waals surface area contributed by atoms with Crippen LogP contribution in [0.3, 0.4) is 0 Å². The van der Waals surface area contributed by atoms with Gasteiger partial charge in [-0.1, -0.05) is 31.2 Å². The molecule has 11 heteroatoms. The van der Waals surface area contributed by atoms with Crippen molar-refractivity contribution >= 4 is 34.8 Å². The van der Waals surface area contributed by atoms with E-state index in [-0.39, 0.29) is 25.4 Å². The SMILES string of the molecule is CCc1ccc(OS(=O)NC(CNC(=O)CCNC(=O)c2ccc(C(C)=N)cc2)C(=O)OC)cc1. The maximum absolute atomic E-state index is 12.3. The molecular weight excluding hydrogens is 472 g/mol. The number of hydrogen-bond acceptors (Lipinski definition) is 7. The number of esters is 1. The Kier molecular flexibility index (Phi) is 11.0. The largest absolute Gasteiger partial charge is 0.468 e. The molecule has 2 amide bonds. The Balaban J connectivity index is 1.78. The van der Waals surface area contributed by atoms with Gasteiger partial charge in [-0.15, -0.1) is 0 Å². The Morgan fingerprint density at radius 1 is 1.00 bits per heavy atom. The maximum Gasteiger partial charge on any atom is 0.325 e. The molecule has 0 spiro atoms. The van der Waals surface area contributed by atoms with Crippen molar-refractivity contribution in [3.8, 4) is 5.75 Å². The van der Waals surface area contributed by atoms with E-state index in [9.17, 15) is 18.6 Å². The number of carbonyl (C=O) groups excluding carboxylic acids is 3. The number of aryl methyl sites for hydroxylation is 1. The summed E-state index contributed by atoms with van der Waals surface area (Å²) in [4.78, 5) is 36.4. The van der Waals surface area contributed by atoms with Gasteiger partial charge in [0, 0.05) is 30.8 Å². The molecule has 0 aliphatic heterocycles. The van der Waals surface area contributed by atoms with Crippen molar-refractivity contribution in [1.29, 1.82) is 5.41 Å². The summed E-state index contributed by atoms with van der Waals surface area (Å²) in [7, 11) is 1.18. The molecule has 188 valence electrons. The average molecular weight is 503 g/mol. The molecule has 0 aliphatic rings. The topological polar surface area (TPSA) is 147 Å². The third kappa shape index (κ3) is 9.30. The fourth-order valence-corrected chi connectivity index (χ4v) is 3.64. The molecular formula is C24H30N4O6S. The molecule has 0 saturated carbocycles. The minimum atomic E-state index is -2.06. The quantitative estimate of drug-likeness (QED) is 0.242. The lowest BCUT2D eigenvalue weighted by atomic mass is 10.1. The number of hydrogen-bond donors (Lipinski definition) is 4. The van der Waals surface area contributed by atoms with Crippen LogP contribution in [0.15, 0.2) is 48.5 Å². The van der Waals surface area contributed by atoms with Crippen LogP contribution in [0.1, 0.15) is 41.8 Å². The molecule has 2 aromatic carbocycles. The van der Waals surface area contributed by atoms with Gasteiger partial charge in [-0.05, 0) is 48.7 Å². The van der Waals surface area contributed by atoms with Crippen LogP contribution in [0, 0.1) is 5.41 Å². The van der Waals surface area contributed by atoms with Gasteiger partial charge in [-0.3, -0.25) is 14.4 Å². The van der Waals surface area contributed by atoms with Crippen LogP contribution >= 0.6 is 0 Å². The highest BCUT2D eigenvalue weighted by molar-refractivity contribution is 7.78. The van der Waals surface area contributed by atoms with Crippen LogP contribution in [-0.4, -0.2) is 53.9 Å². The van der Waals surface area contributed by atoms with E-state index in [1.54, 1.807) is 43.3 Å². The van der Waals surface area contributed by atoms with E-state index in [0.29, 0.717) is 17.0 Å². The van der Waals surface area contributed by atoms with Crippen LogP contribution < -0.4 is 19.5 Å². The Labute approximate surface area is 207 Å². The second kappa shape index (κ2) is 14.0. The molecule has 2 unspecified atom stereocenters. The van der Waals surface area contributed by atoms with Crippen molar-refractivity contribution in [2.24, 2.45) is 0 Å². The molecule has 0 fully saturated rings. The summed E-state index contributed by atoms with van der Waals surface area (Å²) in [5.74, 6) is -1.13. The van der Waals surface area contributed by atoms with Gasteiger partial charge in [0.05, 0.1) is 7.11 Å². The fourth-order valence-electron chi connectivity index (χ4n) is 2.89. The van der Waals surface area contributed by atoms with Crippen molar-refractivity contribution in [1.82, 2.24) is 15.4 Å². The van der Waals surface area contributed by atoms with Crippen LogP contribution in [0.4, 0.5) is 0 Å². The van der Waals surface area contributed by atoms with E-state index in [4.69, 9.17) is 14.3 Å². The summed E-state index contributed by atoms with van der Waals surface area (Å²) in [5.41, 5.74) is 2.63. The first-order valence-corrected chi connectivity index (χ1v) is 12.0. The zero-order valence-electron chi connectivity index (χ0n) is 19.9. The lowest BCUT2D eigenvalue weighted by Gasteiger charge is -2.16. The molecule has 0 bridgehead atoms. The zero-order chi connectivity index (χ0) is 25.8. The predicted molar refractivity (Wildman–Crippen MR) is 132 cm³/mol. The van der Waals surface area contributed by atoms with Crippen LogP contribution in [0.25, 0.3) is 0 Å². The molecule has 4 N–H and O–H groups in total. The molecule has 0 radical (unpaired) electrons. The van der Waals surface area contributed by atoms with Crippen molar-refractivity contribution in [2.75, 3.05) is 20.2 Å². The standard InChI is InChI=1S/C24H30N4O6S/c1-4-17-5-11-20(12-6-17)34-35(32)28-21(24(31)33-3)15-27-22(29)13-14-26-23(30)19-9-7-18(8-10-19)16(2)25/h5-12,21,25,28H,4,13-15H2,1-3H3,(H,26,30)(H,27,29). The second-order valence-corrected chi connectivity index (χ2v) is 8.39. The first-order valence-electron chi connectivity index (χ1n) is 11.0. The van der Waals surface area contributed by atoms with Crippen molar-refractivity contribution < 1.29 is 27.5 Å². The average Bonchev–Trinajstić information content (AvgIpc) is 2.86. The molecule has 35 heavy (non-hydrogen) atoms. The highest BCUT2D eigenvalue weighted by Gasteiger charge is 2.23. The highest BCUT2D eigenvalue weighted by atomic mass is 32.2. The van der Waals surface area contributed by atoms with Crippen LogP contribution in [-0.2, 0) is 32.0 Å². The summed E-state index contributed by atoms with van der Waals surface area (Å²) in [6, 6.07) is 12.5. The first kappa shape index (κ1) is 27.7. The van der Waals surface area contributed by atoms with E-state index < -0.39 is 29.2 Å². The Hall–Kier alpha value is -3.57. The van der Waals surface area contributed by atoms with Gasteiger partial charge < -0.3 is 25.0 Å². The number of methoxy groups -OCH3 is 1. The van der Waals surface area contributed by atoms with Gasteiger partial charge in [0.15, 0.2) is 0 Å². The van der Waals surface area contributed by atoms with E-state index in [0.717, 1.165) is 17.5 Å². The number of benzene rings is 2. The van der Waals surface area contributed by atoms with Gasteiger partial charge in [0.25, 0.3) is 17.2 Å². The lowest BCUT2D eigenvalue weighted by Crippen LogP contribution is -2.48. The van der Waals surface area contributed by atoms with E-state index in [1.807, 2.05) is 19.1 Å². The van der Waals surface area contributed by atoms with Gasteiger partial charge >= 0.3 is 5.97 Å². The van der Waals surface area contributed by atoms with Gasteiger partial charge in [-0.2, -0.15) is 8.93 Å². The smallest absolute Gasteiger partial charge is 0.325 e. The summed E-state index contributed by atoms with van der Waals surface area (Å²) in [6.07, 6.45) is 0.828. The molecule has 2 atom stereocenters. The summed E-state index contributed by atoms with van der Waals surface area (Å²) < 4.78 is 24.7. The molecule has 10 nitrogen and oxygen atoms in total. The van der Waals surface area contributed by atoms with E-state index in [2.05, 4.69) is 15.4 Å². The molecule has 2 rings (SSSR count). The molecule has 0 heterocycles. The third-order valence-corrected chi connectivity index (χ3v) is 5.77.